The van der Waals surface area contributed by atoms with Crippen LogP contribution in [-0.4, -0.2) is 0 Å². The molecule has 0 atom stereocenters. The molecule has 0 N–H and O–H groups in total. The summed E-state index contributed by atoms with van der Waals surface area (Å²) in [6.07, 6.45) is 0. The topological polar surface area (TPSA) is 0 Å². The SMILES string of the molecule is [F][Cu]([F])([F])([F])([F])([F])([F])([F])([F])([F])([F])([F])([F])([F])([F])[F]. The molecule has 0 amide bonds. The minimum atomic E-state index is -30.8. The summed E-state index contributed by atoms with van der Waals surface area (Å²) in [5.74, 6) is 0. The van der Waals surface area contributed by atoms with Gasteiger partial charge in [-0.3, -0.25) is 0 Å². The second-order valence-electron chi connectivity index (χ2n) is 5.17. The summed E-state index contributed by atoms with van der Waals surface area (Å²) in [4.78, 5) is 0. The average molecular weight is 368 g/mol. The fourth-order valence-electron chi connectivity index (χ4n) is 0. The van der Waals surface area contributed by atoms with Gasteiger partial charge in [0.15, 0.2) is 0 Å². The van der Waals surface area contributed by atoms with Crippen LogP contribution in [0.5, 0.6) is 0 Å². The summed E-state index contributed by atoms with van der Waals surface area (Å²) in [5.41, 5.74) is 0. The molecule has 0 saturated carbocycles. The third kappa shape index (κ3) is 7670. The first-order valence-electron chi connectivity index (χ1n) is 1.82. The zero-order valence-corrected chi connectivity index (χ0v) is 7.29. The molecule has 0 radical (unpaired) electrons. The van der Waals surface area contributed by atoms with E-state index in [1.807, 2.05) is 0 Å². The Hall–Kier alpha value is -0.601. The number of hydrogen-bond donors (Lipinski definition) is 0. The van der Waals surface area contributed by atoms with Crippen LogP contribution in [0.15, 0.2) is 0 Å². The van der Waals surface area contributed by atoms with Crippen LogP contribution in [-0.2, 0) is 7.44 Å². The van der Waals surface area contributed by atoms with Gasteiger partial charge in [0.25, 0.3) is 0 Å². The van der Waals surface area contributed by atoms with Crippen LogP contribution in [0, 0.1) is 0 Å². The number of rotatable bonds is 0. The first-order chi connectivity index (χ1) is 4.00. The van der Waals surface area contributed by atoms with Crippen molar-refractivity contribution in [1.82, 2.24) is 0 Å². The molecule has 17 heteroatoms. The summed E-state index contributed by atoms with van der Waals surface area (Å²) >= 11 is 0. The van der Waals surface area contributed by atoms with E-state index in [9.17, 15) is 56.8 Å². The Morgan fingerprint density at radius 3 is 0.235 bits per heavy atom. The Morgan fingerprint density at radius 1 is 0.235 bits per heavy atom. The van der Waals surface area contributed by atoms with Gasteiger partial charge in [-0.25, -0.2) is 0 Å². The van der Waals surface area contributed by atoms with E-state index in [0.29, 0.717) is 0 Å². The van der Waals surface area contributed by atoms with E-state index in [1.165, 1.54) is 0 Å². The Morgan fingerprint density at radius 2 is 0.235 bits per heavy atom. The zero-order chi connectivity index (χ0) is 16.2. The minimum absolute atomic E-state index is 9.94. The standard InChI is InChI=1S/Cu.16FH/h;16*1H/q+16;;;;;;;;;;;;;;;;/p-16. The maximum absolute atomic E-state index is 30.8. The molecule has 0 aliphatic heterocycles. The van der Waals surface area contributed by atoms with Gasteiger partial charge >= 0.3 is 64.3 Å². The first-order valence-corrected chi connectivity index (χ1v) is 7.52. The van der Waals surface area contributed by atoms with Gasteiger partial charge in [0.05, 0.1) is 0 Å². The number of halogens is 16. The van der Waals surface area contributed by atoms with Gasteiger partial charge in [0, 0.05) is 0 Å². The average Bonchev–Trinajstić information content (AvgIpc) is 0.323. The van der Waals surface area contributed by atoms with Gasteiger partial charge in [-0.15, -0.1) is 0 Å². The molecule has 0 aromatic heterocycles. The Kier molecular flexibility index (Phi) is 0.216. The van der Waals surface area contributed by atoms with Gasteiger partial charge in [-0.1, -0.05) is 0 Å². The molecule has 0 nitrogen and oxygen atoms in total. The molecule has 0 spiro atoms. The van der Waals surface area contributed by atoms with Crippen molar-refractivity contribution in [3.63, 3.8) is 0 Å². The van der Waals surface area contributed by atoms with Crippen LogP contribution in [0.4, 0.5) is 56.8 Å². The Labute approximate surface area is 65.6 Å². The zero-order valence-electron chi connectivity index (χ0n) is 6.35. The van der Waals surface area contributed by atoms with Crippen molar-refractivity contribution < 1.29 is 64.3 Å². The third-order valence-corrected chi connectivity index (χ3v) is 0. The first kappa shape index (κ1) is 16.4. The molecule has 17 heavy (non-hydrogen) atoms. The summed E-state index contributed by atoms with van der Waals surface area (Å²) in [6, 6.07) is 0. The van der Waals surface area contributed by atoms with Gasteiger partial charge in [-0.2, -0.15) is 0 Å². The molecule has 123 valence electrons. The second kappa shape index (κ2) is 0.224. The molecular weight excluding hydrogens is 368 g/mol. The molecule has 0 aromatic carbocycles. The predicted octanol–water partition coefficient (Wildman–Crippen LogP) is 6.72. The van der Waals surface area contributed by atoms with Crippen molar-refractivity contribution in [2.75, 3.05) is 0 Å². The summed E-state index contributed by atoms with van der Waals surface area (Å²) in [7, 11) is -30.8. The molecule has 0 bridgehead atoms. The van der Waals surface area contributed by atoms with E-state index in [-0.39, 0.29) is 0 Å². The van der Waals surface area contributed by atoms with Crippen LogP contribution >= 0.6 is 0 Å². The molecular formula is CuF16. The molecule has 0 rings (SSSR count). The van der Waals surface area contributed by atoms with E-state index in [4.69, 9.17) is 0 Å². The molecule has 0 aliphatic rings. The molecule has 0 saturated heterocycles. The molecule has 0 heterocycles. The van der Waals surface area contributed by atoms with Crippen LogP contribution in [0.25, 0.3) is 0 Å². The Balaban J connectivity index is 11.5. The van der Waals surface area contributed by atoms with Crippen LogP contribution in [0.2, 0.25) is 0 Å². The fourth-order valence-corrected chi connectivity index (χ4v) is 0. The van der Waals surface area contributed by atoms with Crippen LogP contribution < -0.4 is 0 Å². The van der Waals surface area contributed by atoms with Crippen molar-refractivity contribution in [2.45, 2.75) is 0 Å². The monoisotopic (exact) mass is 367 g/mol. The fraction of sp³-hybridized carbons (Fsp3) is 0. The summed E-state index contributed by atoms with van der Waals surface area (Å²) < 4.78 is 159. The number of hydrogen-bond acceptors (Lipinski definition) is 0. The molecule has 0 aliphatic carbocycles. The van der Waals surface area contributed by atoms with E-state index >= 15 is 0 Å². The van der Waals surface area contributed by atoms with Crippen molar-refractivity contribution in [2.24, 2.45) is 0 Å². The van der Waals surface area contributed by atoms with E-state index in [2.05, 4.69) is 0 Å². The van der Waals surface area contributed by atoms with Crippen molar-refractivity contribution in [3.8, 4) is 0 Å². The van der Waals surface area contributed by atoms with E-state index in [1.54, 1.807) is 0 Å². The van der Waals surface area contributed by atoms with E-state index < -0.39 is 7.44 Å². The predicted molar refractivity (Wildman–Crippen MR) is 17.7 cm³/mol. The summed E-state index contributed by atoms with van der Waals surface area (Å²) in [6.45, 7) is 0. The van der Waals surface area contributed by atoms with Gasteiger partial charge in [0.1, 0.15) is 0 Å². The Bertz CT molecular complexity index is 834. The van der Waals surface area contributed by atoms with Crippen LogP contribution in [0.3, 0.4) is 0 Å². The quantitative estimate of drug-likeness (QED) is 0.329. The third-order valence-electron chi connectivity index (χ3n) is 0. The summed E-state index contributed by atoms with van der Waals surface area (Å²) in [5, 5.41) is 0. The van der Waals surface area contributed by atoms with E-state index in [0.717, 1.165) is 0 Å². The van der Waals surface area contributed by atoms with Gasteiger partial charge in [-0.05, 0) is 0 Å². The van der Waals surface area contributed by atoms with Crippen molar-refractivity contribution in [1.29, 1.82) is 0 Å². The molecule has 0 unspecified atom stereocenters. The normalized spacial score (nSPS) is 63.1. The van der Waals surface area contributed by atoms with Crippen LogP contribution in [0.1, 0.15) is 0 Å². The second-order valence-corrected chi connectivity index (χ2v) is 21.3. The van der Waals surface area contributed by atoms with Gasteiger partial charge in [0.2, 0.25) is 0 Å². The van der Waals surface area contributed by atoms with Gasteiger partial charge < -0.3 is 0 Å². The van der Waals surface area contributed by atoms with Crippen molar-refractivity contribution in [3.05, 3.63) is 0 Å². The maximum atomic E-state index is 9.94. The molecule has 0 aromatic rings. The van der Waals surface area contributed by atoms with Crippen molar-refractivity contribution >= 4 is 0 Å². The molecule has 0 fully saturated rings.